The fourth-order valence-corrected chi connectivity index (χ4v) is 1.70. The fraction of sp³-hybridized carbons (Fsp3) is 0.0909. The van der Waals surface area contributed by atoms with Gasteiger partial charge in [-0.15, -0.1) is 0 Å². The third-order valence-corrected chi connectivity index (χ3v) is 2.64. The van der Waals surface area contributed by atoms with Crippen molar-refractivity contribution in [1.82, 2.24) is 4.98 Å². The van der Waals surface area contributed by atoms with E-state index in [-0.39, 0.29) is 6.61 Å². The Kier molecular flexibility index (Phi) is 2.66. The number of fused-ring (bicyclic) bond motifs is 1. The Labute approximate surface area is 91.3 Å². The van der Waals surface area contributed by atoms with E-state index in [9.17, 15) is 4.79 Å². The molecule has 0 saturated heterocycles. The van der Waals surface area contributed by atoms with E-state index in [4.69, 9.17) is 16.7 Å². The number of pyridine rings is 1. The van der Waals surface area contributed by atoms with Gasteiger partial charge in [-0.2, -0.15) is 0 Å². The smallest absolute Gasteiger partial charge is 0.168 e. The van der Waals surface area contributed by atoms with Gasteiger partial charge < -0.3 is 5.11 Å². The zero-order valence-electron chi connectivity index (χ0n) is 7.77. The van der Waals surface area contributed by atoms with Crippen molar-refractivity contribution in [2.75, 3.05) is 0 Å². The first-order chi connectivity index (χ1) is 7.26. The quantitative estimate of drug-likeness (QED) is 0.791. The number of nitrogens with zero attached hydrogens (tertiary/aromatic N) is 1. The summed E-state index contributed by atoms with van der Waals surface area (Å²) in [6.07, 6.45) is 0.688. The summed E-state index contributed by atoms with van der Waals surface area (Å²) in [6.45, 7) is -0.107. The summed E-state index contributed by atoms with van der Waals surface area (Å²) >= 11 is 6.05. The molecule has 0 aliphatic carbocycles. The minimum Gasteiger partial charge on any atom is -0.392 e. The number of aliphatic hydroxyl groups excluding tert-OH is 1. The van der Waals surface area contributed by atoms with E-state index < -0.39 is 0 Å². The Bertz CT molecular complexity index is 525. The molecule has 0 radical (unpaired) electrons. The molecule has 2 aromatic rings. The maximum atomic E-state index is 10.5. The van der Waals surface area contributed by atoms with Crippen molar-refractivity contribution < 1.29 is 9.90 Å². The first-order valence-corrected chi connectivity index (χ1v) is 4.78. The normalized spacial score (nSPS) is 10.5. The Morgan fingerprint density at radius 1 is 1.33 bits per heavy atom. The van der Waals surface area contributed by atoms with Gasteiger partial charge in [-0.25, -0.2) is 4.98 Å². The molecule has 3 nitrogen and oxygen atoms in total. The summed E-state index contributed by atoms with van der Waals surface area (Å²) in [5.74, 6) is 0. The minimum atomic E-state index is -0.107. The minimum absolute atomic E-state index is 0.107. The Balaban J connectivity index is 2.73. The first kappa shape index (κ1) is 10.1. The third kappa shape index (κ3) is 1.71. The van der Waals surface area contributed by atoms with Crippen molar-refractivity contribution in [1.29, 1.82) is 0 Å². The summed E-state index contributed by atoms with van der Waals surface area (Å²) in [6, 6.07) is 6.77. The molecule has 4 heteroatoms. The van der Waals surface area contributed by atoms with Crippen LogP contribution in [0.25, 0.3) is 10.9 Å². The van der Waals surface area contributed by atoms with Crippen LogP contribution in [0.5, 0.6) is 0 Å². The van der Waals surface area contributed by atoms with Gasteiger partial charge in [-0.1, -0.05) is 17.7 Å². The molecular formula is C11H8ClNO2. The number of carbonyl (C=O) groups excluding carboxylic acids is 1. The molecule has 0 saturated carbocycles. The number of rotatable bonds is 2. The van der Waals surface area contributed by atoms with Crippen molar-refractivity contribution in [2.45, 2.75) is 6.61 Å². The zero-order valence-corrected chi connectivity index (χ0v) is 8.53. The van der Waals surface area contributed by atoms with Crippen molar-refractivity contribution in [2.24, 2.45) is 0 Å². The molecule has 0 aliphatic rings. The molecule has 1 heterocycles. The van der Waals surface area contributed by atoms with Gasteiger partial charge in [0.25, 0.3) is 0 Å². The van der Waals surface area contributed by atoms with E-state index >= 15 is 0 Å². The largest absolute Gasteiger partial charge is 0.392 e. The second-order valence-electron chi connectivity index (χ2n) is 3.12. The van der Waals surface area contributed by atoms with Crippen LogP contribution in [0.4, 0.5) is 0 Å². The number of benzene rings is 1. The molecular weight excluding hydrogens is 214 g/mol. The Hall–Kier alpha value is -1.45. The molecule has 15 heavy (non-hydrogen) atoms. The SMILES string of the molecule is O=Cc1ccc2c(Cl)c(CO)ccc2n1. The van der Waals surface area contributed by atoms with Gasteiger partial charge in [0.2, 0.25) is 0 Å². The topological polar surface area (TPSA) is 50.2 Å². The van der Waals surface area contributed by atoms with Gasteiger partial charge in [0.1, 0.15) is 5.69 Å². The monoisotopic (exact) mass is 221 g/mol. The molecule has 0 fully saturated rings. The van der Waals surface area contributed by atoms with Crippen LogP contribution in [0.3, 0.4) is 0 Å². The van der Waals surface area contributed by atoms with E-state index in [0.29, 0.717) is 28.1 Å². The number of hydrogen-bond donors (Lipinski definition) is 1. The first-order valence-electron chi connectivity index (χ1n) is 4.40. The third-order valence-electron chi connectivity index (χ3n) is 2.20. The molecule has 1 aromatic heterocycles. The van der Waals surface area contributed by atoms with Gasteiger partial charge in [-0.05, 0) is 23.8 Å². The van der Waals surface area contributed by atoms with Crippen molar-refractivity contribution in [3.8, 4) is 0 Å². The number of halogens is 1. The van der Waals surface area contributed by atoms with Crippen LogP contribution in [0.15, 0.2) is 24.3 Å². The highest BCUT2D eigenvalue weighted by Crippen LogP contribution is 2.26. The predicted octanol–water partition coefficient (Wildman–Crippen LogP) is 2.19. The van der Waals surface area contributed by atoms with Crippen LogP contribution in [-0.4, -0.2) is 16.4 Å². The standard InChI is InChI=1S/C11H8ClNO2/c12-11-7(5-14)1-4-10-9(11)3-2-8(6-15)13-10/h1-4,6,14H,5H2. The van der Waals surface area contributed by atoms with Crippen molar-refractivity contribution >= 4 is 28.8 Å². The van der Waals surface area contributed by atoms with E-state index in [1.165, 1.54) is 0 Å². The lowest BCUT2D eigenvalue weighted by atomic mass is 10.1. The summed E-state index contributed by atoms with van der Waals surface area (Å²) < 4.78 is 0. The lowest BCUT2D eigenvalue weighted by Crippen LogP contribution is -1.91. The maximum Gasteiger partial charge on any atom is 0.168 e. The van der Waals surface area contributed by atoms with Gasteiger partial charge in [0, 0.05) is 5.39 Å². The number of aldehydes is 1. The summed E-state index contributed by atoms with van der Waals surface area (Å²) in [7, 11) is 0. The van der Waals surface area contributed by atoms with Crippen LogP contribution < -0.4 is 0 Å². The molecule has 0 unspecified atom stereocenters. The van der Waals surface area contributed by atoms with Gasteiger partial charge in [0.15, 0.2) is 6.29 Å². The highest BCUT2D eigenvalue weighted by atomic mass is 35.5. The van der Waals surface area contributed by atoms with E-state index in [1.807, 2.05) is 0 Å². The highest BCUT2D eigenvalue weighted by Gasteiger charge is 2.05. The van der Waals surface area contributed by atoms with Gasteiger partial charge in [0.05, 0.1) is 17.1 Å². The van der Waals surface area contributed by atoms with Gasteiger partial charge >= 0.3 is 0 Å². The number of carbonyl (C=O) groups is 1. The fourth-order valence-electron chi connectivity index (χ4n) is 1.42. The molecule has 0 atom stereocenters. The van der Waals surface area contributed by atoms with Crippen molar-refractivity contribution in [3.63, 3.8) is 0 Å². The Morgan fingerprint density at radius 2 is 2.13 bits per heavy atom. The van der Waals surface area contributed by atoms with Gasteiger partial charge in [-0.3, -0.25) is 4.79 Å². The zero-order chi connectivity index (χ0) is 10.8. The van der Waals surface area contributed by atoms with Crippen LogP contribution in [-0.2, 0) is 6.61 Å². The second-order valence-corrected chi connectivity index (χ2v) is 3.50. The number of aliphatic hydroxyl groups is 1. The van der Waals surface area contributed by atoms with Crippen LogP contribution >= 0.6 is 11.6 Å². The molecule has 0 amide bonds. The maximum absolute atomic E-state index is 10.5. The van der Waals surface area contributed by atoms with Crippen molar-refractivity contribution in [3.05, 3.63) is 40.5 Å². The molecule has 1 N–H and O–H groups in total. The summed E-state index contributed by atoms with van der Waals surface area (Å²) in [5.41, 5.74) is 1.68. The van der Waals surface area contributed by atoms with E-state index in [1.54, 1.807) is 24.3 Å². The molecule has 1 aromatic carbocycles. The Morgan fingerprint density at radius 3 is 2.80 bits per heavy atom. The van der Waals surface area contributed by atoms with Crippen LogP contribution in [0.1, 0.15) is 16.1 Å². The average Bonchev–Trinajstić information content (AvgIpc) is 2.29. The molecule has 76 valence electrons. The molecule has 0 aliphatic heterocycles. The predicted molar refractivity (Wildman–Crippen MR) is 58.1 cm³/mol. The molecule has 2 rings (SSSR count). The second kappa shape index (κ2) is 3.96. The average molecular weight is 222 g/mol. The molecule has 0 bridgehead atoms. The number of hydrogen-bond acceptors (Lipinski definition) is 3. The number of aromatic nitrogens is 1. The molecule has 0 spiro atoms. The van der Waals surface area contributed by atoms with Crippen LogP contribution in [0.2, 0.25) is 5.02 Å². The van der Waals surface area contributed by atoms with E-state index in [2.05, 4.69) is 4.98 Å². The summed E-state index contributed by atoms with van der Waals surface area (Å²) in [5, 5.41) is 10.2. The van der Waals surface area contributed by atoms with Crippen LogP contribution in [0, 0.1) is 0 Å². The lowest BCUT2D eigenvalue weighted by Gasteiger charge is -2.04. The summed E-state index contributed by atoms with van der Waals surface area (Å²) in [4.78, 5) is 14.6. The lowest BCUT2D eigenvalue weighted by molar-refractivity contribution is 0.111. The van der Waals surface area contributed by atoms with E-state index in [0.717, 1.165) is 5.39 Å². The highest BCUT2D eigenvalue weighted by molar-refractivity contribution is 6.36.